The number of nitrogens with one attached hydrogen (secondary N) is 1. The van der Waals surface area contributed by atoms with E-state index in [1.165, 1.54) is 24.4 Å². The van der Waals surface area contributed by atoms with Crippen LogP contribution in [0.25, 0.3) is 0 Å². The Hall–Kier alpha value is -1.99. The Morgan fingerprint density at radius 1 is 1.33 bits per heavy atom. The number of aromatic nitrogens is 2. The van der Waals surface area contributed by atoms with Crippen LogP contribution in [0.15, 0.2) is 24.4 Å². The summed E-state index contributed by atoms with van der Waals surface area (Å²) in [5, 5.41) is 15.2. The molecule has 0 aliphatic heterocycles. The number of carbonyl (C=O) groups is 2. The second-order valence-corrected chi connectivity index (χ2v) is 4.49. The predicted octanol–water partition coefficient (Wildman–Crippen LogP) is 2.14. The number of carboxylic acid groups (broad SMARTS) is 1. The molecule has 2 N–H and O–H groups in total. The average molecular weight is 284 g/mol. The van der Waals surface area contributed by atoms with Gasteiger partial charge < -0.3 is 10.4 Å². The summed E-state index contributed by atoms with van der Waals surface area (Å²) < 4.78 is 3.56. The molecule has 0 unspecified atom stereocenters. The number of carbonyl (C=O) groups excluding carboxylic acids is 1. The van der Waals surface area contributed by atoms with Crippen molar-refractivity contribution in [2.45, 2.75) is 0 Å². The topological polar surface area (TPSA) is 92.2 Å². The first-order valence-corrected chi connectivity index (χ1v) is 5.84. The van der Waals surface area contributed by atoms with Crippen molar-refractivity contribution in [2.24, 2.45) is 0 Å². The van der Waals surface area contributed by atoms with Crippen LogP contribution < -0.4 is 5.32 Å². The summed E-state index contributed by atoms with van der Waals surface area (Å²) in [5.41, 5.74) is 0.304. The van der Waals surface area contributed by atoms with Gasteiger partial charge in [-0.25, -0.2) is 4.79 Å². The van der Waals surface area contributed by atoms with Gasteiger partial charge in [-0.3, -0.25) is 4.79 Å². The van der Waals surface area contributed by atoms with Crippen molar-refractivity contribution >= 4 is 40.7 Å². The third-order valence-corrected chi connectivity index (χ3v) is 2.87. The zero-order valence-electron chi connectivity index (χ0n) is 8.75. The van der Waals surface area contributed by atoms with Crippen LogP contribution >= 0.6 is 23.1 Å². The molecule has 0 saturated carbocycles. The van der Waals surface area contributed by atoms with Gasteiger partial charge in [-0.2, -0.15) is 0 Å². The van der Waals surface area contributed by atoms with Gasteiger partial charge in [0.2, 0.25) is 0 Å². The summed E-state index contributed by atoms with van der Waals surface area (Å²) in [4.78, 5) is 22.9. The van der Waals surface area contributed by atoms with Crippen LogP contribution in [0.1, 0.15) is 20.0 Å². The van der Waals surface area contributed by atoms with Gasteiger partial charge >= 0.3 is 5.97 Å². The molecule has 8 heteroatoms. The summed E-state index contributed by atoms with van der Waals surface area (Å²) in [7, 11) is 0. The molecule has 2 rings (SSSR count). The van der Waals surface area contributed by atoms with Crippen LogP contribution in [-0.2, 0) is 0 Å². The highest BCUT2D eigenvalue weighted by Gasteiger charge is 2.11. The van der Waals surface area contributed by atoms with Gasteiger partial charge in [-0.1, -0.05) is 16.1 Å². The Bertz CT molecular complexity index is 600. The van der Waals surface area contributed by atoms with Gasteiger partial charge in [0.1, 0.15) is 4.88 Å². The third-order valence-electron chi connectivity index (χ3n) is 1.99. The lowest BCUT2D eigenvalue weighted by atomic mass is 10.2. The molecular weight excluding hydrogens is 278 g/mol. The van der Waals surface area contributed by atoms with Crippen LogP contribution in [0.5, 0.6) is 0 Å². The van der Waals surface area contributed by atoms with Crippen molar-refractivity contribution in [1.82, 2.24) is 9.59 Å². The molecule has 0 aliphatic carbocycles. The molecule has 1 amide bonds. The normalized spacial score (nSPS) is 10.1. The van der Waals surface area contributed by atoms with Crippen molar-refractivity contribution < 1.29 is 14.7 Å². The molecule has 0 radical (unpaired) electrons. The van der Waals surface area contributed by atoms with E-state index in [1.54, 1.807) is 0 Å². The number of rotatable bonds is 3. The molecule has 6 nitrogen and oxygen atoms in total. The van der Waals surface area contributed by atoms with E-state index in [-0.39, 0.29) is 10.6 Å². The molecule has 1 aromatic carbocycles. The number of amides is 1. The number of anilines is 1. The molecule has 1 aromatic heterocycles. The Morgan fingerprint density at radius 2 is 2.11 bits per heavy atom. The van der Waals surface area contributed by atoms with E-state index in [4.69, 9.17) is 16.7 Å². The van der Waals surface area contributed by atoms with E-state index in [2.05, 4.69) is 14.9 Å². The highest BCUT2D eigenvalue weighted by molar-refractivity contribution is 7.07. The Morgan fingerprint density at radius 3 is 2.72 bits per heavy atom. The monoisotopic (exact) mass is 283 g/mol. The highest BCUT2D eigenvalue weighted by atomic mass is 35.5. The van der Waals surface area contributed by atoms with E-state index in [9.17, 15) is 9.59 Å². The van der Waals surface area contributed by atoms with E-state index in [1.807, 2.05) is 0 Å². The number of carboxylic acids is 1. The first-order valence-electron chi connectivity index (χ1n) is 4.69. The molecule has 0 saturated heterocycles. The predicted molar refractivity (Wildman–Crippen MR) is 66.3 cm³/mol. The molecule has 18 heavy (non-hydrogen) atoms. The SMILES string of the molecule is O=C(O)c1cc(Cl)cc(NC(=O)c2cnns2)c1. The van der Waals surface area contributed by atoms with Crippen molar-refractivity contribution in [2.75, 3.05) is 5.32 Å². The number of nitrogens with zero attached hydrogens (tertiary/aromatic N) is 2. The van der Waals surface area contributed by atoms with Crippen LogP contribution in [-0.4, -0.2) is 26.6 Å². The van der Waals surface area contributed by atoms with Crippen molar-refractivity contribution in [3.05, 3.63) is 39.9 Å². The number of hydrogen-bond donors (Lipinski definition) is 2. The maximum Gasteiger partial charge on any atom is 0.335 e. The van der Waals surface area contributed by atoms with Crippen molar-refractivity contribution in [3.8, 4) is 0 Å². The Kier molecular flexibility index (Phi) is 3.54. The lowest BCUT2D eigenvalue weighted by Gasteiger charge is -2.05. The quantitative estimate of drug-likeness (QED) is 0.900. The van der Waals surface area contributed by atoms with Gasteiger partial charge in [-0.15, -0.1) is 5.10 Å². The molecule has 92 valence electrons. The first-order chi connectivity index (χ1) is 8.56. The summed E-state index contributed by atoms with van der Waals surface area (Å²) in [6.07, 6.45) is 1.32. The average Bonchev–Trinajstić information content (AvgIpc) is 2.81. The van der Waals surface area contributed by atoms with Gasteiger partial charge in [0.25, 0.3) is 5.91 Å². The summed E-state index contributed by atoms with van der Waals surface area (Å²) in [6.45, 7) is 0. The maximum absolute atomic E-state index is 11.7. The first kappa shape index (κ1) is 12.5. The third kappa shape index (κ3) is 2.82. The lowest BCUT2D eigenvalue weighted by molar-refractivity contribution is 0.0696. The van der Waals surface area contributed by atoms with Crippen LogP contribution in [0, 0.1) is 0 Å². The van der Waals surface area contributed by atoms with Gasteiger partial charge in [0, 0.05) is 10.7 Å². The van der Waals surface area contributed by atoms with Crippen molar-refractivity contribution in [3.63, 3.8) is 0 Å². The molecule has 1 heterocycles. The fourth-order valence-corrected chi connectivity index (χ4v) is 1.89. The smallest absolute Gasteiger partial charge is 0.335 e. The van der Waals surface area contributed by atoms with E-state index in [0.717, 1.165) is 11.5 Å². The highest BCUT2D eigenvalue weighted by Crippen LogP contribution is 2.20. The van der Waals surface area contributed by atoms with Crippen molar-refractivity contribution in [1.29, 1.82) is 0 Å². The zero-order chi connectivity index (χ0) is 13.1. The fourth-order valence-electron chi connectivity index (χ4n) is 1.25. The fraction of sp³-hybridized carbons (Fsp3) is 0. The number of benzene rings is 1. The van der Waals surface area contributed by atoms with E-state index < -0.39 is 11.9 Å². The van der Waals surface area contributed by atoms with Gasteiger partial charge in [0.15, 0.2) is 0 Å². The minimum atomic E-state index is -1.12. The Balaban J connectivity index is 2.24. The molecule has 0 bridgehead atoms. The minimum absolute atomic E-state index is 0.000213. The summed E-state index contributed by atoms with van der Waals surface area (Å²) >= 11 is 6.71. The molecular formula is C10H6ClN3O3S. The van der Waals surface area contributed by atoms with Crippen LogP contribution in [0.2, 0.25) is 5.02 Å². The standard InChI is InChI=1S/C10H6ClN3O3S/c11-6-1-5(10(16)17)2-7(3-6)13-9(15)8-4-12-14-18-8/h1-4H,(H,13,15)(H,16,17). The second kappa shape index (κ2) is 5.11. The van der Waals surface area contributed by atoms with Gasteiger partial charge in [-0.05, 0) is 29.7 Å². The summed E-state index contributed by atoms with van der Waals surface area (Å²) in [6, 6.07) is 4.08. The zero-order valence-corrected chi connectivity index (χ0v) is 10.3. The minimum Gasteiger partial charge on any atom is -0.478 e. The largest absolute Gasteiger partial charge is 0.478 e. The van der Waals surface area contributed by atoms with E-state index >= 15 is 0 Å². The second-order valence-electron chi connectivity index (χ2n) is 3.27. The van der Waals surface area contributed by atoms with Gasteiger partial charge in [0.05, 0.1) is 11.8 Å². The number of halogens is 1. The van der Waals surface area contributed by atoms with Crippen LogP contribution in [0.4, 0.5) is 5.69 Å². The van der Waals surface area contributed by atoms with E-state index in [0.29, 0.717) is 10.6 Å². The number of aromatic carboxylic acids is 1. The lowest BCUT2D eigenvalue weighted by Crippen LogP contribution is -2.11. The summed E-state index contributed by atoms with van der Waals surface area (Å²) in [5.74, 6) is -1.53. The van der Waals surface area contributed by atoms with Crippen LogP contribution in [0.3, 0.4) is 0 Å². The molecule has 0 spiro atoms. The molecule has 0 atom stereocenters. The Labute approximate surface area is 110 Å². The molecule has 0 aliphatic rings. The maximum atomic E-state index is 11.7. The number of hydrogen-bond acceptors (Lipinski definition) is 5. The molecule has 0 fully saturated rings. The molecule has 2 aromatic rings.